The normalized spacial score (nSPS) is 11.1. The van der Waals surface area contributed by atoms with E-state index in [-0.39, 0.29) is 5.41 Å². The van der Waals surface area contributed by atoms with E-state index >= 15 is 0 Å². The number of nitriles is 1. The van der Waals surface area contributed by atoms with Gasteiger partial charge in [-0.2, -0.15) is 5.26 Å². The Labute approximate surface area is 91.5 Å². The van der Waals surface area contributed by atoms with Gasteiger partial charge in [0.25, 0.3) is 0 Å². The summed E-state index contributed by atoms with van der Waals surface area (Å²) in [6, 6.07) is 10.3. The van der Waals surface area contributed by atoms with E-state index in [1.54, 1.807) is 7.11 Å². The maximum absolute atomic E-state index is 8.64. The molecule has 1 aromatic rings. The van der Waals surface area contributed by atoms with E-state index in [1.165, 1.54) is 5.56 Å². The average Bonchev–Trinajstić information content (AvgIpc) is 2.19. The fraction of sp³-hybridized carbons (Fsp3) is 0.462. The van der Waals surface area contributed by atoms with Crippen LogP contribution in [0.5, 0.6) is 0 Å². The van der Waals surface area contributed by atoms with Gasteiger partial charge in [0.2, 0.25) is 0 Å². The fourth-order valence-corrected chi connectivity index (χ4v) is 1.64. The summed E-state index contributed by atoms with van der Waals surface area (Å²) in [7, 11) is 1.71. The molecule has 0 aliphatic heterocycles. The van der Waals surface area contributed by atoms with Crippen molar-refractivity contribution in [2.24, 2.45) is 0 Å². The Bertz CT molecular complexity index is 363. The van der Waals surface area contributed by atoms with Crippen LogP contribution in [-0.2, 0) is 16.6 Å². The lowest BCUT2D eigenvalue weighted by Crippen LogP contribution is -2.23. The van der Waals surface area contributed by atoms with E-state index in [0.717, 1.165) is 5.56 Å². The molecular weight excluding hydrogens is 186 g/mol. The molecule has 0 unspecified atom stereocenters. The Balaban J connectivity index is 2.94. The fourth-order valence-electron chi connectivity index (χ4n) is 1.64. The molecule has 80 valence electrons. The highest BCUT2D eigenvalue weighted by molar-refractivity contribution is 5.30. The van der Waals surface area contributed by atoms with Gasteiger partial charge in [-0.15, -0.1) is 0 Å². The molecule has 0 amide bonds. The first-order valence-corrected chi connectivity index (χ1v) is 5.05. The summed E-state index contributed by atoms with van der Waals surface area (Å²) in [4.78, 5) is 0. The van der Waals surface area contributed by atoms with Crippen LogP contribution < -0.4 is 0 Å². The molecule has 0 bridgehead atoms. The average molecular weight is 203 g/mol. The van der Waals surface area contributed by atoms with Gasteiger partial charge in [0, 0.05) is 12.5 Å². The molecule has 15 heavy (non-hydrogen) atoms. The summed E-state index contributed by atoms with van der Waals surface area (Å²) < 4.78 is 5.20. The highest BCUT2D eigenvalue weighted by Gasteiger charge is 2.20. The summed E-state index contributed by atoms with van der Waals surface area (Å²) in [6.07, 6.45) is 0.469. The number of hydrogen-bond donors (Lipinski definition) is 0. The zero-order valence-corrected chi connectivity index (χ0v) is 9.58. The van der Waals surface area contributed by atoms with Gasteiger partial charge in [-0.3, -0.25) is 0 Å². The minimum atomic E-state index is 0.000214. The standard InChI is InChI=1S/C13H17NO/c1-13(2,10-15-3)12-6-4-5-11(9-12)7-8-14/h4-6,9H,7,10H2,1-3H3. The Morgan fingerprint density at radius 2 is 2.13 bits per heavy atom. The van der Waals surface area contributed by atoms with Crippen molar-refractivity contribution in [1.29, 1.82) is 5.26 Å². The largest absolute Gasteiger partial charge is 0.384 e. The Kier molecular flexibility index (Phi) is 3.88. The number of hydrogen-bond acceptors (Lipinski definition) is 2. The monoisotopic (exact) mass is 203 g/mol. The van der Waals surface area contributed by atoms with E-state index in [4.69, 9.17) is 10.00 Å². The molecule has 0 saturated heterocycles. The number of benzene rings is 1. The molecule has 2 nitrogen and oxygen atoms in total. The first-order valence-electron chi connectivity index (χ1n) is 5.05. The van der Waals surface area contributed by atoms with E-state index in [1.807, 2.05) is 12.1 Å². The van der Waals surface area contributed by atoms with E-state index in [2.05, 4.69) is 32.0 Å². The minimum absolute atomic E-state index is 0.000214. The Hall–Kier alpha value is -1.33. The van der Waals surface area contributed by atoms with Gasteiger partial charge in [0.05, 0.1) is 19.1 Å². The molecule has 0 aliphatic carbocycles. The quantitative estimate of drug-likeness (QED) is 0.753. The number of ether oxygens (including phenoxy) is 1. The van der Waals surface area contributed by atoms with Crippen molar-refractivity contribution in [3.63, 3.8) is 0 Å². The summed E-state index contributed by atoms with van der Waals surface area (Å²) in [5, 5.41) is 8.64. The van der Waals surface area contributed by atoms with Crippen molar-refractivity contribution >= 4 is 0 Å². The first-order chi connectivity index (χ1) is 7.10. The summed E-state index contributed by atoms with van der Waals surface area (Å²) in [5.41, 5.74) is 2.29. The smallest absolute Gasteiger partial charge is 0.0669 e. The minimum Gasteiger partial charge on any atom is -0.384 e. The van der Waals surface area contributed by atoms with Crippen LogP contribution in [0.1, 0.15) is 25.0 Å². The summed E-state index contributed by atoms with van der Waals surface area (Å²) in [5.74, 6) is 0. The van der Waals surface area contributed by atoms with Crippen molar-refractivity contribution in [3.05, 3.63) is 35.4 Å². The van der Waals surface area contributed by atoms with Gasteiger partial charge in [-0.1, -0.05) is 38.1 Å². The van der Waals surface area contributed by atoms with Crippen LogP contribution in [-0.4, -0.2) is 13.7 Å². The second kappa shape index (κ2) is 4.95. The van der Waals surface area contributed by atoms with Crippen molar-refractivity contribution in [2.75, 3.05) is 13.7 Å². The van der Waals surface area contributed by atoms with Crippen LogP contribution in [0, 0.1) is 11.3 Å². The lowest BCUT2D eigenvalue weighted by Gasteiger charge is -2.24. The zero-order valence-electron chi connectivity index (χ0n) is 9.58. The predicted molar refractivity (Wildman–Crippen MR) is 60.7 cm³/mol. The molecule has 1 aromatic carbocycles. The summed E-state index contributed by atoms with van der Waals surface area (Å²) >= 11 is 0. The van der Waals surface area contributed by atoms with E-state index in [9.17, 15) is 0 Å². The molecule has 0 aromatic heterocycles. The SMILES string of the molecule is COCC(C)(C)c1cccc(CC#N)c1. The van der Waals surface area contributed by atoms with E-state index in [0.29, 0.717) is 13.0 Å². The van der Waals surface area contributed by atoms with Crippen LogP contribution in [0.3, 0.4) is 0 Å². The molecule has 0 fully saturated rings. The summed E-state index contributed by atoms with van der Waals surface area (Å²) in [6.45, 7) is 4.97. The lowest BCUT2D eigenvalue weighted by molar-refractivity contribution is 0.146. The van der Waals surface area contributed by atoms with Crippen molar-refractivity contribution in [2.45, 2.75) is 25.7 Å². The number of methoxy groups -OCH3 is 1. The van der Waals surface area contributed by atoms with Gasteiger partial charge in [0.1, 0.15) is 0 Å². The molecule has 2 heteroatoms. The third-order valence-corrected chi connectivity index (χ3v) is 2.50. The highest BCUT2D eigenvalue weighted by atomic mass is 16.5. The highest BCUT2D eigenvalue weighted by Crippen LogP contribution is 2.24. The van der Waals surface area contributed by atoms with Crippen LogP contribution in [0.15, 0.2) is 24.3 Å². The second-order valence-electron chi connectivity index (χ2n) is 4.35. The van der Waals surface area contributed by atoms with Crippen LogP contribution in [0.4, 0.5) is 0 Å². The third-order valence-electron chi connectivity index (χ3n) is 2.50. The molecule has 0 N–H and O–H groups in total. The van der Waals surface area contributed by atoms with E-state index < -0.39 is 0 Å². The van der Waals surface area contributed by atoms with Crippen LogP contribution in [0.25, 0.3) is 0 Å². The van der Waals surface area contributed by atoms with Gasteiger partial charge in [-0.25, -0.2) is 0 Å². The predicted octanol–water partition coefficient (Wildman–Crippen LogP) is 2.68. The van der Waals surface area contributed by atoms with Gasteiger partial charge in [0.15, 0.2) is 0 Å². The Morgan fingerprint density at radius 1 is 1.40 bits per heavy atom. The zero-order chi connectivity index (χ0) is 11.3. The molecule has 0 atom stereocenters. The van der Waals surface area contributed by atoms with Gasteiger partial charge < -0.3 is 4.74 Å². The molecule has 0 saturated carbocycles. The van der Waals surface area contributed by atoms with Gasteiger partial charge >= 0.3 is 0 Å². The maximum Gasteiger partial charge on any atom is 0.0669 e. The van der Waals surface area contributed by atoms with Gasteiger partial charge in [-0.05, 0) is 11.1 Å². The van der Waals surface area contributed by atoms with Crippen molar-refractivity contribution in [1.82, 2.24) is 0 Å². The van der Waals surface area contributed by atoms with Crippen molar-refractivity contribution in [3.8, 4) is 6.07 Å². The van der Waals surface area contributed by atoms with Crippen LogP contribution in [0.2, 0.25) is 0 Å². The molecule has 0 heterocycles. The third kappa shape index (κ3) is 3.07. The maximum atomic E-state index is 8.64. The number of nitrogens with zero attached hydrogens (tertiary/aromatic N) is 1. The lowest BCUT2D eigenvalue weighted by atomic mass is 9.84. The first kappa shape index (κ1) is 11.7. The Morgan fingerprint density at radius 3 is 2.73 bits per heavy atom. The molecule has 0 aliphatic rings. The number of rotatable bonds is 4. The molecule has 0 spiro atoms. The molecule has 1 rings (SSSR count). The second-order valence-corrected chi connectivity index (χ2v) is 4.35. The molecule has 0 radical (unpaired) electrons. The topological polar surface area (TPSA) is 33.0 Å². The van der Waals surface area contributed by atoms with Crippen molar-refractivity contribution < 1.29 is 4.74 Å². The van der Waals surface area contributed by atoms with Crippen LogP contribution >= 0.6 is 0 Å². The molecular formula is C13H17NO.